The summed E-state index contributed by atoms with van der Waals surface area (Å²) in [6.07, 6.45) is 6.41. The zero-order valence-corrected chi connectivity index (χ0v) is 13.3. The van der Waals surface area contributed by atoms with Crippen LogP contribution in [-0.2, 0) is 14.3 Å². The average molecular weight is 296 g/mol. The number of hydrogen-bond donors (Lipinski definition) is 0. The van der Waals surface area contributed by atoms with Crippen molar-refractivity contribution in [1.29, 1.82) is 0 Å². The Hall–Kier alpha value is -1.10. The van der Waals surface area contributed by atoms with Crippen molar-refractivity contribution in [2.24, 2.45) is 5.92 Å². The quantitative estimate of drug-likeness (QED) is 0.743. The Morgan fingerprint density at radius 3 is 2.10 bits per heavy atom. The Morgan fingerprint density at radius 2 is 1.57 bits per heavy atom. The third kappa shape index (κ3) is 4.19. The van der Waals surface area contributed by atoms with Gasteiger partial charge in [0, 0.05) is 13.1 Å². The van der Waals surface area contributed by atoms with Crippen LogP contribution in [0.3, 0.4) is 0 Å². The van der Waals surface area contributed by atoms with Crippen LogP contribution in [-0.4, -0.2) is 61.0 Å². The molecule has 2 aliphatic heterocycles. The fraction of sp³-hybridized carbons (Fsp3) is 0.875. The first-order valence-electron chi connectivity index (χ1n) is 8.24. The molecule has 0 N–H and O–H groups in total. The van der Waals surface area contributed by atoms with Crippen molar-refractivity contribution in [2.45, 2.75) is 51.5 Å². The van der Waals surface area contributed by atoms with Crippen LogP contribution >= 0.6 is 0 Å². The molecule has 1 atom stereocenters. The van der Waals surface area contributed by atoms with Crippen LogP contribution in [0.15, 0.2) is 0 Å². The number of ether oxygens (including phenoxy) is 1. The van der Waals surface area contributed by atoms with Gasteiger partial charge in [0.2, 0.25) is 5.91 Å². The molecule has 0 spiro atoms. The molecule has 21 heavy (non-hydrogen) atoms. The minimum atomic E-state index is -0.136. The third-order valence-corrected chi connectivity index (χ3v) is 4.89. The van der Waals surface area contributed by atoms with E-state index in [4.69, 9.17) is 4.74 Å². The Morgan fingerprint density at radius 1 is 1.00 bits per heavy atom. The van der Waals surface area contributed by atoms with Crippen LogP contribution in [0.5, 0.6) is 0 Å². The number of rotatable bonds is 3. The first kappa shape index (κ1) is 16.3. The molecule has 0 bridgehead atoms. The lowest BCUT2D eigenvalue weighted by Gasteiger charge is -2.35. The normalized spacial score (nSPS) is 23.4. The molecule has 2 fully saturated rings. The van der Waals surface area contributed by atoms with Crippen molar-refractivity contribution < 1.29 is 14.3 Å². The van der Waals surface area contributed by atoms with E-state index >= 15 is 0 Å². The molecular weight excluding hydrogens is 268 g/mol. The van der Waals surface area contributed by atoms with Gasteiger partial charge in [-0.2, -0.15) is 0 Å². The predicted molar refractivity (Wildman–Crippen MR) is 80.8 cm³/mol. The summed E-state index contributed by atoms with van der Waals surface area (Å²) in [5.74, 6) is 0.0513. The second kappa shape index (κ2) is 7.78. The highest BCUT2D eigenvalue weighted by Gasteiger charge is 2.31. The van der Waals surface area contributed by atoms with E-state index in [0.29, 0.717) is 13.1 Å². The standard InChI is InChI=1S/C16H28N2O3/c1-13(17-9-5-3-4-6-10-17)15(19)18-11-7-14(8-12-18)16(20)21-2/h13-14H,3-12H2,1-2H3. The summed E-state index contributed by atoms with van der Waals surface area (Å²) in [6.45, 7) is 5.45. The van der Waals surface area contributed by atoms with Crippen LogP contribution < -0.4 is 0 Å². The summed E-state index contributed by atoms with van der Waals surface area (Å²) >= 11 is 0. The summed E-state index contributed by atoms with van der Waals surface area (Å²) in [4.78, 5) is 28.4. The first-order chi connectivity index (χ1) is 10.1. The lowest BCUT2D eigenvalue weighted by Crippen LogP contribution is -2.50. The van der Waals surface area contributed by atoms with Crippen LogP contribution in [0.4, 0.5) is 0 Å². The Kier molecular flexibility index (Phi) is 6.03. The molecule has 0 saturated carbocycles. The van der Waals surface area contributed by atoms with Gasteiger partial charge in [-0.15, -0.1) is 0 Å². The van der Waals surface area contributed by atoms with Crippen molar-refractivity contribution in [3.05, 3.63) is 0 Å². The molecule has 2 saturated heterocycles. The van der Waals surface area contributed by atoms with Gasteiger partial charge in [-0.05, 0) is 45.7 Å². The zero-order chi connectivity index (χ0) is 15.2. The number of methoxy groups -OCH3 is 1. The number of esters is 1. The third-order valence-electron chi connectivity index (χ3n) is 4.89. The fourth-order valence-corrected chi connectivity index (χ4v) is 3.41. The molecule has 0 aliphatic carbocycles. The number of carbonyl (C=O) groups is 2. The summed E-state index contributed by atoms with van der Waals surface area (Å²) < 4.78 is 4.79. The molecule has 0 radical (unpaired) electrons. The molecule has 5 heteroatoms. The predicted octanol–water partition coefficient (Wildman–Crippen LogP) is 1.66. The van der Waals surface area contributed by atoms with E-state index in [0.717, 1.165) is 25.9 Å². The van der Waals surface area contributed by atoms with Gasteiger partial charge in [0.05, 0.1) is 19.1 Å². The first-order valence-corrected chi connectivity index (χ1v) is 8.24. The lowest BCUT2D eigenvalue weighted by atomic mass is 9.96. The van der Waals surface area contributed by atoms with Crippen LogP contribution in [0, 0.1) is 5.92 Å². The highest BCUT2D eigenvalue weighted by Crippen LogP contribution is 2.20. The minimum Gasteiger partial charge on any atom is -0.469 e. The van der Waals surface area contributed by atoms with Crippen molar-refractivity contribution in [1.82, 2.24) is 9.80 Å². The van der Waals surface area contributed by atoms with Crippen LogP contribution in [0.25, 0.3) is 0 Å². The Balaban J connectivity index is 1.84. The summed E-state index contributed by atoms with van der Waals surface area (Å²) in [5.41, 5.74) is 0. The maximum Gasteiger partial charge on any atom is 0.308 e. The lowest BCUT2D eigenvalue weighted by molar-refractivity contribution is -0.149. The van der Waals surface area contributed by atoms with Gasteiger partial charge in [0.25, 0.3) is 0 Å². The molecule has 2 aliphatic rings. The van der Waals surface area contributed by atoms with E-state index in [1.54, 1.807) is 0 Å². The highest BCUT2D eigenvalue weighted by atomic mass is 16.5. The maximum atomic E-state index is 12.6. The second-order valence-electron chi connectivity index (χ2n) is 6.25. The van der Waals surface area contributed by atoms with Gasteiger partial charge in [0.15, 0.2) is 0 Å². The molecule has 0 aromatic heterocycles. The molecule has 0 aromatic carbocycles. The maximum absolute atomic E-state index is 12.6. The topological polar surface area (TPSA) is 49.9 Å². The number of likely N-dealkylation sites (tertiary alicyclic amines) is 2. The molecular formula is C16H28N2O3. The number of hydrogen-bond acceptors (Lipinski definition) is 4. The molecule has 2 heterocycles. The van der Waals surface area contributed by atoms with Gasteiger partial charge in [-0.25, -0.2) is 0 Å². The number of carbonyl (C=O) groups excluding carboxylic acids is 2. The molecule has 0 aromatic rings. The van der Waals surface area contributed by atoms with Gasteiger partial charge >= 0.3 is 5.97 Å². The minimum absolute atomic E-state index is 0.0298. The number of nitrogens with zero attached hydrogens (tertiary/aromatic N) is 2. The Labute approximate surface area is 127 Å². The van der Waals surface area contributed by atoms with E-state index in [9.17, 15) is 9.59 Å². The van der Waals surface area contributed by atoms with Crippen molar-refractivity contribution in [3.63, 3.8) is 0 Å². The monoisotopic (exact) mass is 296 g/mol. The van der Waals surface area contributed by atoms with E-state index in [1.807, 2.05) is 11.8 Å². The summed E-state index contributed by atoms with van der Waals surface area (Å²) in [6, 6.07) is -0.0298. The largest absolute Gasteiger partial charge is 0.469 e. The smallest absolute Gasteiger partial charge is 0.308 e. The van der Waals surface area contributed by atoms with Gasteiger partial charge in [-0.3, -0.25) is 14.5 Å². The second-order valence-corrected chi connectivity index (χ2v) is 6.25. The van der Waals surface area contributed by atoms with E-state index in [2.05, 4.69) is 4.90 Å². The van der Waals surface area contributed by atoms with E-state index in [1.165, 1.54) is 32.8 Å². The van der Waals surface area contributed by atoms with Gasteiger partial charge in [0.1, 0.15) is 0 Å². The molecule has 1 amide bonds. The molecule has 5 nitrogen and oxygen atoms in total. The van der Waals surface area contributed by atoms with Gasteiger partial charge < -0.3 is 9.64 Å². The van der Waals surface area contributed by atoms with Crippen molar-refractivity contribution in [2.75, 3.05) is 33.3 Å². The molecule has 120 valence electrons. The molecule has 1 unspecified atom stereocenters. The van der Waals surface area contributed by atoms with Crippen LogP contribution in [0.2, 0.25) is 0 Å². The average Bonchev–Trinajstić information content (AvgIpc) is 2.82. The molecule has 2 rings (SSSR count). The van der Waals surface area contributed by atoms with Gasteiger partial charge in [-0.1, -0.05) is 12.8 Å². The van der Waals surface area contributed by atoms with Crippen molar-refractivity contribution >= 4 is 11.9 Å². The highest BCUT2D eigenvalue weighted by molar-refractivity contribution is 5.82. The SMILES string of the molecule is COC(=O)C1CCN(C(=O)C(C)N2CCCCCC2)CC1. The van der Waals surface area contributed by atoms with E-state index < -0.39 is 0 Å². The van der Waals surface area contributed by atoms with Crippen LogP contribution in [0.1, 0.15) is 45.4 Å². The number of piperidine rings is 1. The summed E-state index contributed by atoms with van der Waals surface area (Å²) in [5, 5.41) is 0. The number of amides is 1. The fourth-order valence-electron chi connectivity index (χ4n) is 3.41. The van der Waals surface area contributed by atoms with E-state index in [-0.39, 0.29) is 23.8 Å². The zero-order valence-electron chi connectivity index (χ0n) is 13.3. The Bertz CT molecular complexity index is 357. The summed E-state index contributed by atoms with van der Waals surface area (Å²) in [7, 11) is 1.43. The van der Waals surface area contributed by atoms with Crippen molar-refractivity contribution in [3.8, 4) is 0 Å².